The van der Waals surface area contributed by atoms with Gasteiger partial charge in [0.15, 0.2) is 0 Å². The molecule has 9 heteroatoms. The zero-order valence-corrected chi connectivity index (χ0v) is 13.5. The Morgan fingerprint density at radius 3 is 2.55 bits per heavy atom. The molecule has 1 aromatic heterocycles. The lowest BCUT2D eigenvalue weighted by Gasteiger charge is -2.12. The summed E-state index contributed by atoms with van der Waals surface area (Å²) in [6.45, 7) is 0. The molecule has 0 unspecified atom stereocenters. The number of anilines is 1. The number of benzene rings is 1. The van der Waals surface area contributed by atoms with Gasteiger partial charge in [0.25, 0.3) is 10.0 Å². The quantitative estimate of drug-likeness (QED) is 0.869. The molecule has 0 spiro atoms. The van der Waals surface area contributed by atoms with Crippen LogP contribution < -0.4 is 19.5 Å². The molecule has 22 heavy (non-hydrogen) atoms. The molecule has 1 aromatic carbocycles. The molecule has 0 fully saturated rings. The number of nitrogens with one attached hydrogen (secondary N) is 2. The van der Waals surface area contributed by atoms with E-state index < -0.39 is 16.1 Å². The Bertz CT molecular complexity index is 757. The third kappa shape index (κ3) is 3.68. The van der Waals surface area contributed by atoms with Gasteiger partial charge in [-0.2, -0.15) is 0 Å². The molecule has 7 nitrogen and oxygen atoms in total. The molecule has 0 radical (unpaired) electrons. The fraction of sp³-hybridized carbons (Fsp3) is 0.154. The highest BCUT2D eigenvalue weighted by atomic mass is 32.2. The van der Waals surface area contributed by atoms with Gasteiger partial charge in [0.1, 0.15) is 15.7 Å². The van der Waals surface area contributed by atoms with E-state index >= 15 is 0 Å². The van der Waals surface area contributed by atoms with Crippen LogP contribution >= 0.6 is 11.3 Å². The van der Waals surface area contributed by atoms with Crippen molar-refractivity contribution in [2.45, 2.75) is 4.21 Å². The Balaban J connectivity index is 2.13. The number of methoxy groups -OCH3 is 2. The number of amides is 2. The second-order valence-electron chi connectivity index (χ2n) is 4.06. The SMILES string of the molecule is COc1ccc(NC(=O)NS(=O)(=O)c2cccs2)c(OC)c1. The Hall–Kier alpha value is -2.26. The maximum absolute atomic E-state index is 11.9. The van der Waals surface area contributed by atoms with Gasteiger partial charge in [-0.05, 0) is 23.6 Å². The van der Waals surface area contributed by atoms with Crippen molar-refractivity contribution in [2.24, 2.45) is 0 Å². The van der Waals surface area contributed by atoms with Crippen molar-refractivity contribution >= 4 is 33.1 Å². The first kappa shape index (κ1) is 16.1. The molecular weight excluding hydrogens is 328 g/mol. The minimum atomic E-state index is -3.88. The highest BCUT2D eigenvalue weighted by Crippen LogP contribution is 2.29. The van der Waals surface area contributed by atoms with Crippen LogP contribution in [0.15, 0.2) is 39.9 Å². The topological polar surface area (TPSA) is 93.7 Å². The van der Waals surface area contributed by atoms with E-state index in [4.69, 9.17) is 9.47 Å². The fourth-order valence-electron chi connectivity index (χ4n) is 1.64. The number of sulfonamides is 1. The van der Waals surface area contributed by atoms with E-state index in [0.717, 1.165) is 11.3 Å². The Morgan fingerprint density at radius 1 is 1.18 bits per heavy atom. The molecule has 2 rings (SSSR count). The van der Waals surface area contributed by atoms with Gasteiger partial charge in [-0.1, -0.05) is 6.07 Å². The van der Waals surface area contributed by atoms with E-state index in [1.54, 1.807) is 29.6 Å². The second-order valence-corrected chi connectivity index (χ2v) is 6.91. The van der Waals surface area contributed by atoms with Crippen LogP contribution in [0.2, 0.25) is 0 Å². The van der Waals surface area contributed by atoms with Crippen LogP contribution in [0.5, 0.6) is 11.5 Å². The van der Waals surface area contributed by atoms with Crippen molar-refractivity contribution in [3.8, 4) is 11.5 Å². The first-order valence-corrected chi connectivity index (χ1v) is 8.42. The normalized spacial score (nSPS) is 10.8. The largest absolute Gasteiger partial charge is 0.497 e. The van der Waals surface area contributed by atoms with Crippen molar-refractivity contribution in [3.05, 3.63) is 35.7 Å². The maximum atomic E-state index is 11.9. The molecule has 0 aliphatic carbocycles. The van der Waals surface area contributed by atoms with Gasteiger partial charge < -0.3 is 14.8 Å². The fourth-order valence-corrected chi connectivity index (χ4v) is 3.54. The van der Waals surface area contributed by atoms with Gasteiger partial charge >= 0.3 is 6.03 Å². The van der Waals surface area contributed by atoms with Crippen molar-refractivity contribution in [1.29, 1.82) is 0 Å². The standard InChI is InChI=1S/C13H14N2O5S2/c1-19-9-5-6-10(11(8-9)20-2)14-13(16)15-22(17,18)12-4-3-7-21-12/h3-8H,1-2H3,(H2,14,15,16). The monoisotopic (exact) mass is 342 g/mol. The number of carbonyl (C=O) groups excluding carboxylic acids is 1. The van der Waals surface area contributed by atoms with Gasteiger partial charge in [-0.25, -0.2) is 17.9 Å². The molecule has 0 bridgehead atoms. The van der Waals surface area contributed by atoms with Crippen molar-refractivity contribution < 1.29 is 22.7 Å². The summed E-state index contributed by atoms with van der Waals surface area (Å²) in [4.78, 5) is 11.9. The number of hydrogen-bond donors (Lipinski definition) is 2. The molecule has 1 heterocycles. The molecule has 0 saturated heterocycles. The number of carbonyl (C=O) groups is 1. The highest BCUT2D eigenvalue weighted by Gasteiger charge is 2.19. The summed E-state index contributed by atoms with van der Waals surface area (Å²) in [5.41, 5.74) is 0.321. The molecule has 0 saturated carbocycles. The summed E-state index contributed by atoms with van der Waals surface area (Å²) in [5, 5.41) is 4.04. The van der Waals surface area contributed by atoms with Gasteiger partial charge in [0, 0.05) is 6.07 Å². The van der Waals surface area contributed by atoms with Crippen LogP contribution in [0.3, 0.4) is 0 Å². The molecule has 2 amide bonds. The van der Waals surface area contributed by atoms with Gasteiger partial charge in [-0.15, -0.1) is 11.3 Å². The van der Waals surface area contributed by atoms with Crippen molar-refractivity contribution in [3.63, 3.8) is 0 Å². The van der Waals surface area contributed by atoms with Gasteiger partial charge in [0.05, 0.1) is 19.9 Å². The number of ether oxygens (including phenoxy) is 2. The van der Waals surface area contributed by atoms with Crippen LogP contribution in [-0.2, 0) is 10.0 Å². The van der Waals surface area contributed by atoms with E-state index in [0.29, 0.717) is 17.2 Å². The molecular formula is C13H14N2O5S2. The molecule has 2 aromatic rings. The zero-order chi connectivity index (χ0) is 16.2. The third-order valence-electron chi connectivity index (χ3n) is 2.64. The van der Waals surface area contributed by atoms with Crippen LogP contribution in [0.4, 0.5) is 10.5 Å². The lowest BCUT2D eigenvalue weighted by molar-refractivity contribution is 0.256. The summed E-state index contributed by atoms with van der Waals surface area (Å²) >= 11 is 1.02. The summed E-state index contributed by atoms with van der Waals surface area (Å²) in [5.74, 6) is 0.900. The molecule has 0 aliphatic rings. The maximum Gasteiger partial charge on any atom is 0.333 e. The number of rotatable bonds is 5. The van der Waals surface area contributed by atoms with Gasteiger partial charge in [0.2, 0.25) is 0 Å². The van der Waals surface area contributed by atoms with Crippen LogP contribution in [0.25, 0.3) is 0 Å². The van der Waals surface area contributed by atoms with Crippen LogP contribution in [0.1, 0.15) is 0 Å². The first-order valence-electron chi connectivity index (χ1n) is 6.05. The lowest BCUT2D eigenvalue weighted by atomic mass is 10.2. The molecule has 0 aliphatic heterocycles. The minimum absolute atomic E-state index is 0.0596. The molecule has 2 N–H and O–H groups in total. The number of urea groups is 1. The second kappa shape index (κ2) is 6.67. The average molecular weight is 342 g/mol. The average Bonchev–Trinajstić information content (AvgIpc) is 3.02. The van der Waals surface area contributed by atoms with Crippen LogP contribution in [0, 0.1) is 0 Å². The summed E-state index contributed by atoms with van der Waals surface area (Å²) < 4.78 is 36.0. The predicted molar refractivity (Wildman–Crippen MR) is 83.2 cm³/mol. The van der Waals surface area contributed by atoms with E-state index in [-0.39, 0.29) is 4.21 Å². The van der Waals surface area contributed by atoms with Gasteiger partial charge in [-0.3, -0.25) is 0 Å². The minimum Gasteiger partial charge on any atom is -0.497 e. The van der Waals surface area contributed by atoms with E-state index in [1.165, 1.54) is 20.3 Å². The van der Waals surface area contributed by atoms with Crippen molar-refractivity contribution in [1.82, 2.24) is 4.72 Å². The third-order valence-corrected chi connectivity index (χ3v) is 5.37. The van der Waals surface area contributed by atoms with E-state index in [9.17, 15) is 13.2 Å². The molecule has 0 atom stereocenters. The lowest BCUT2D eigenvalue weighted by Crippen LogP contribution is -2.34. The zero-order valence-electron chi connectivity index (χ0n) is 11.8. The van der Waals surface area contributed by atoms with Crippen molar-refractivity contribution in [2.75, 3.05) is 19.5 Å². The highest BCUT2D eigenvalue weighted by molar-refractivity contribution is 7.92. The van der Waals surface area contributed by atoms with Crippen LogP contribution in [-0.4, -0.2) is 28.7 Å². The number of hydrogen-bond acceptors (Lipinski definition) is 6. The van der Waals surface area contributed by atoms with E-state index in [1.807, 2.05) is 4.72 Å². The summed E-state index contributed by atoms with van der Waals surface area (Å²) in [6.07, 6.45) is 0. The Labute approximate surface area is 131 Å². The molecule has 118 valence electrons. The number of thiophene rings is 1. The summed E-state index contributed by atoms with van der Waals surface area (Å²) in [7, 11) is -0.945. The predicted octanol–water partition coefficient (Wildman–Crippen LogP) is 2.28. The Morgan fingerprint density at radius 2 is 1.95 bits per heavy atom. The summed E-state index contributed by atoms with van der Waals surface area (Å²) in [6, 6.07) is 6.86. The van der Waals surface area contributed by atoms with E-state index in [2.05, 4.69) is 5.32 Å². The Kier molecular flexibility index (Phi) is 4.88. The smallest absolute Gasteiger partial charge is 0.333 e. The first-order chi connectivity index (χ1) is 10.5.